The SMILES string of the molecule is CCC(NC(=O)c1cccc(S(=O)(=O)Nc2cc(C)on2)c1)c1nnc2n1CCCCC2. The molecule has 0 spiro atoms. The first kappa shape index (κ1) is 22.0. The first-order valence-electron chi connectivity index (χ1n) is 10.7. The Bertz CT molecular complexity index is 1220. The summed E-state index contributed by atoms with van der Waals surface area (Å²) >= 11 is 0. The predicted octanol–water partition coefficient (Wildman–Crippen LogP) is 2.98. The molecule has 1 amide bonds. The zero-order chi connectivity index (χ0) is 22.7. The number of hydrogen-bond acceptors (Lipinski definition) is 7. The number of aromatic nitrogens is 4. The van der Waals surface area contributed by atoms with Crippen LogP contribution in [0.5, 0.6) is 0 Å². The van der Waals surface area contributed by atoms with Crippen LogP contribution >= 0.6 is 0 Å². The second-order valence-electron chi connectivity index (χ2n) is 7.83. The van der Waals surface area contributed by atoms with Gasteiger partial charge in [0.1, 0.15) is 11.6 Å². The lowest BCUT2D eigenvalue weighted by Gasteiger charge is -2.18. The molecular weight excluding hydrogens is 432 g/mol. The number of nitrogens with zero attached hydrogens (tertiary/aromatic N) is 4. The molecule has 2 N–H and O–H groups in total. The van der Waals surface area contributed by atoms with Gasteiger partial charge in [-0.1, -0.05) is 24.6 Å². The first-order valence-corrected chi connectivity index (χ1v) is 12.1. The van der Waals surface area contributed by atoms with E-state index in [1.54, 1.807) is 13.0 Å². The van der Waals surface area contributed by atoms with Crippen LogP contribution in [-0.4, -0.2) is 34.2 Å². The van der Waals surface area contributed by atoms with Gasteiger partial charge in [0.2, 0.25) is 0 Å². The van der Waals surface area contributed by atoms with E-state index in [0.29, 0.717) is 12.2 Å². The summed E-state index contributed by atoms with van der Waals surface area (Å²) in [7, 11) is -3.93. The first-order chi connectivity index (χ1) is 15.4. The van der Waals surface area contributed by atoms with E-state index < -0.39 is 10.0 Å². The number of amides is 1. The van der Waals surface area contributed by atoms with Gasteiger partial charge < -0.3 is 14.4 Å². The van der Waals surface area contributed by atoms with Gasteiger partial charge in [0.25, 0.3) is 15.9 Å². The molecule has 1 unspecified atom stereocenters. The molecule has 3 aromatic rings. The lowest BCUT2D eigenvalue weighted by atomic mass is 10.1. The van der Waals surface area contributed by atoms with Crippen molar-refractivity contribution in [1.29, 1.82) is 0 Å². The second-order valence-corrected chi connectivity index (χ2v) is 9.51. The fourth-order valence-electron chi connectivity index (χ4n) is 3.77. The van der Waals surface area contributed by atoms with Gasteiger partial charge in [0, 0.05) is 24.6 Å². The molecule has 1 aromatic carbocycles. The van der Waals surface area contributed by atoms with Gasteiger partial charge in [0.15, 0.2) is 11.6 Å². The summed E-state index contributed by atoms with van der Waals surface area (Å²) < 4.78 is 34.7. The third-order valence-corrected chi connectivity index (χ3v) is 6.79. The van der Waals surface area contributed by atoms with Crippen molar-refractivity contribution in [2.24, 2.45) is 0 Å². The monoisotopic (exact) mass is 458 g/mol. The highest BCUT2D eigenvalue weighted by atomic mass is 32.2. The Morgan fingerprint density at radius 1 is 1.22 bits per heavy atom. The molecular formula is C21H26N6O4S. The largest absolute Gasteiger partial charge is 0.360 e. The number of rotatable bonds is 7. The number of benzene rings is 1. The molecule has 1 aliphatic rings. The van der Waals surface area contributed by atoms with Crippen molar-refractivity contribution >= 4 is 21.7 Å². The van der Waals surface area contributed by atoms with Crippen molar-refractivity contribution in [3.8, 4) is 0 Å². The molecule has 4 rings (SSSR count). The summed E-state index contributed by atoms with van der Waals surface area (Å²) in [4.78, 5) is 12.9. The summed E-state index contributed by atoms with van der Waals surface area (Å²) in [5.41, 5.74) is 0.235. The molecule has 0 bridgehead atoms. The van der Waals surface area contributed by atoms with Crippen LogP contribution in [0.15, 0.2) is 39.8 Å². The molecule has 0 radical (unpaired) electrons. The maximum Gasteiger partial charge on any atom is 0.263 e. The average molecular weight is 459 g/mol. The fraction of sp³-hybridized carbons (Fsp3) is 0.429. The van der Waals surface area contributed by atoms with E-state index >= 15 is 0 Å². The van der Waals surface area contributed by atoms with E-state index in [0.717, 1.165) is 43.9 Å². The minimum absolute atomic E-state index is 0.0461. The van der Waals surface area contributed by atoms with Crippen LogP contribution in [0.1, 0.15) is 66.4 Å². The number of fused-ring (bicyclic) bond motifs is 1. The average Bonchev–Trinajstić information content (AvgIpc) is 3.29. The molecule has 32 heavy (non-hydrogen) atoms. The fourth-order valence-corrected chi connectivity index (χ4v) is 4.80. The summed E-state index contributed by atoms with van der Waals surface area (Å²) in [6, 6.07) is 7.01. The smallest absolute Gasteiger partial charge is 0.263 e. The summed E-state index contributed by atoms with van der Waals surface area (Å²) in [6.45, 7) is 4.47. The molecule has 0 aliphatic carbocycles. The van der Waals surface area contributed by atoms with Crippen LogP contribution in [-0.2, 0) is 23.0 Å². The zero-order valence-corrected chi connectivity index (χ0v) is 18.9. The Morgan fingerprint density at radius 2 is 2.06 bits per heavy atom. The quantitative estimate of drug-likeness (QED) is 0.556. The Labute approximate surface area is 186 Å². The predicted molar refractivity (Wildman–Crippen MR) is 117 cm³/mol. The van der Waals surface area contributed by atoms with Crippen molar-refractivity contribution in [2.75, 3.05) is 4.72 Å². The van der Waals surface area contributed by atoms with Gasteiger partial charge in [-0.15, -0.1) is 10.2 Å². The van der Waals surface area contributed by atoms with E-state index in [2.05, 4.69) is 30.0 Å². The third kappa shape index (κ3) is 4.67. The van der Waals surface area contributed by atoms with Crippen LogP contribution in [0.25, 0.3) is 0 Å². The van der Waals surface area contributed by atoms with Gasteiger partial charge in [-0.3, -0.25) is 9.52 Å². The van der Waals surface area contributed by atoms with E-state index in [9.17, 15) is 13.2 Å². The Balaban J connectivity index is 1.53. The van der Waals surface area contributed by atoms with Crippen molar-refractivity contribution in [3.63, 3.8) is 0 Å². The van der Waals surface area contributed by atoms with Crippen LogP contribution in [0.2, 0.25) is 0 Å². The van der Waals surface area contributed by atoms with Gasteiger partial charge in [-0.05, 0) is 44.4 Å². The lowest BCUT2D eigenvalue weighted by molar-refractivity contribution is 0.0932. The Kier molecular flexibility index (Phi) is 6.26. The molecule has 11 heteroatoms. The minimum atomic E-state index is -3.93. The van der Waals surface area contributed by atoms with Gasteiger partial charge in [-0.2, -0.15) is 0 Å². The molecule has 1 atom stereocenters. The summed E-state index contributed by atoms with van der Waals surface area (Å²) in [6.07, 6.45) is 4.81. The van der Waals surface area contributed by atoms with E-state index in [-0.39, 0.29) is 28.2 Å². The van der Waals surface area contributed by atoms with Gasteiger partial charge in [-0.25, -0.2) is 8.42 Å². The molecule has 0 saturated carbocycles. The number of nitrogens with one attached hydrogen (secondary N) is 2. The van der Waals surface area contributed by atoms with Crippen LogP contribution in [0.4, 0.5) is 5.82 Å². The summed E-state index contributed by atoms with van der Waals surface area (Å²) in [5.74, 6) is 1.87. The maximum atomic E-state index is 13.0. The van der Waals surface area contributed by atoms with Gasteiger partial charge in [0.05, 0.1) is 10.9 Å². The Hall–Kier alpha value is -3.21. The highest BCUT2D eigenvalue weighted by molar-refractivity contribution is 7.92. The molecule has 0 saturated heterocycles. The van der Waals surface area contributed by atoms with Crippen molar-refractivity contribution in [2.45, 2.75) is 63.4 Å². The number of carbonyl (C=O) groups excluding carboxylic acids is 1. The topological polar surface area (TPSA) is 132 Å². The van der Waals surface area contributed by atoms with Crippen molar-refractivity contribution in [1.82, 2.24) is 25.2 Å². The number of aryl methyl sites for hydroxylation is 2. The van der Waals surface area contributed by atoms with E-state index in [1.165, 1.54) is 24.3 Å². The number of anilines is 1. The number of hydrogen-bond donors (Lipinski definition) is 2. The molecule has 0 fully saturated rings. The highest BCUT2D eigenvalue weighted by Crippen LogP contribution is 2.22. The molecule has 3 heterocycles. The standard InChI is InChI=1S/C21H26N6O4S/c1-3-17(20-24-23-19-10-5-4-6-11-27(19)20)22-21(28)15-8-7-9-16(13-15)32(29,30)26-18-12-14(2)31-25-18/h7-9,12-13,17H,3-6,10-11H2,1-2H3,(H,22,28)(H,25,26). The van der Waals surface area contributed by atoms with E-state index in [1.807, 2.05) is 6.92 Å². The van der Waals surface area contributed by atoms with Crippen molar-refractivity contribution < 1.29 is 17.7 Å². The lowest BCUT2D eigenvalue weighted by Crippen LogP contribution is -2.30. The minimum Gasteiger partial charge on any atom is -0.360 e. The van der Waals surface area contributed by atoms with Crippen LogP contribution in [0, 0.1) is 6.92 Å². The Morgan fingerprint density at radius 3 is 2.81 bits per heavy atom. The van der Waals surface area contributed by atoms with Gasteiger partial charge >= 0.3 is 0 Å². The molecule has 10 nitrogen and oxygen atoms in total. The molecule has 170 valence electrons. The molecule has 2 aromatic heterocycles. The van der Waals surface area contributed by atoms with Crippen LogP contribution in [0.3, 0.4) is 0 Å². The number of sulfonamides is 1. The highest BCUT2D eigenvalue weighted by Gasteiger charge is 2.24. The maximum absolute atomic E-state index is 13.0. The molecule has 1 aliphatic heterocycles. The zero-order valence-electron chi connectivity index (χ0n) is 18.0. The third-order valence-electron chi connectivity index (χ3n) is 5.44. The van der Waals surface area contributed by atoms with Crippen molar-refractivity contribution in [3.05, 3.63) is 53.3 Å². The second kappa shape index (κ2) is 9.11. The van der Waals surface area contributed by atoms with Crippen LogP contribution < -0.4 is 10.0 Å². The number of carbonyl (C=O) groups is 1. The van der Waals surface area contributed by atoms with E-state index in [4.69, 9.17) is 4.52 Å². The summed E-state index contributed by atoms with van der Waals surface area (Å²) in [5, 5.41) is 15.3. The normalized spacial score (nSPS) is 14.9.